The normalized spacial score (nSPS) is 14.8. The first-order valence-electron chi connectivity index (χ1n) is 11.3. The Morgan fingerprint density at radius 1 is 0.879 bits per heavy atom. The quantitative estimate of drug-likeness (QED) is 0.423. The van der Waals surface area contributed by atoms with Crippen molar-refractivity contribution in [3.8, 4) is 28.6 Å². The maximum atomic E-state index is 6.56. The Morgan fingerprint density at radius 3 is 2.36 bits per heavy atom. The number of imidazole rings is 1. The summed E-state index contributed by atoms with van der Waals surface area (Å²) in [4.78, 5) is 19.1. The van der Waals surface area contributed by atoms with Gasteiger partial charge < -0.3 is 5.73 Å². The molecule has 0 spiro atoms. The molecule has 2 N–H and O–H groups in total. The van der Waals surface area contributed by atoms with Crippen LogP contribution in [-0.2, 0) is 5.54 Å². The van der Waals surface area contributed by atoms with E-state index < -0.39 is 0 Å². The monoisotopic (exact) mass is 432 g/mol. The van der Waals surface area contributed by atoms with Gasteiger partial charge in [0, 0.05) is 23.0 Å². The Kier molecular flexibility index (Phi) is 4.55. The number of nitrogens with zero attached hydrogens (tertiary/aromatic N) is 5. The molecular weight excluding hydrogens is 408 g/mol. The summed E-state index contributed by atoms with van der Waals surface area (Å²) in [5.41, 5.74) is 12.8. The molecule has 0 atom stereocenters. The van der Waals surface area contributed by atoms with E-state index in [0.29, 0.717) is 5.82 Å². The minimum atomic E-state index is -0.196. The first-order valence-corrected chi connectivity index (χ1v) is 11.3. The lowest BCUT2D eigenvalue weighted by Crippen LogP contribution is -2.43. The Morgan fingerprint density at radius 2 is 1.67 bits per heavy atom. The fourth-order valence-electron chi connectivity index (χ4n) is 4.51. The van der Waals surface area contributed by atoms with Gasteiger partial charge in [0.15, 0.2) is 17.3 Å². The number of rotatable bonds is 4. The van der Waals surface area contributed by atoms with Gasteiger partial charge in [-0.1, -0.05) is 48.5 Å². The summed E-state index contributed by atoms with van der Waals surface area (Å²) in [6, 6.07) is 22.5. The van der Waals surface area contributed by atoms with Crippen molar-refractivity contribution in [1.29, 1.82) is 0 Å². The van der Waals surface area contributed by atoms with Crippen LogP contribution in [0.1, 0.15) is 30.4 Å². The Labute approximate surface area is 192 Å². The summed E-state index contributed by atoms with van der Waals surface area (Å²) in [5.74, 6) is 1.42. The zero-order chi connectivity index (χ0) is 22.4. The van der Waals surface area contributed by atoms with Crippen LogP contribution in [-0.4, -0.2) is 24.5 Å². The molecule has 0 radical (unpaired) electrons. The molecule has 0 amide bonds. The van der Waals surface area contributed by atoms with Crippen LogP contribution >= 0.6 is 0 Å². The van der Waals surface area contributed by atoms with Gasteiger partial charge in [-0.2, -0.15) is 0 Å². The Balaban J connectivity index is 1.57. The smallest absolute Gasteiger partial charge is 0.169 e. The molecule has 1 fully saturated rings. The lowest BCUT2D eigenvalue weighted by molar-refractivity contribution is 0.253. The molecule has 1 aliphatic carbocycles. The summed E-state index contributed by atoms with van der Waals surface area (Å²) < 4.78 is 2.08. The summed E-state index contributed by atoms with van der Waals surface area (Å²) in [6.07, 6.45) is 6.84. The van der Waals surface area contributed by atoms with E-state index in [0.717, 1.165) is 52.3 Å². The largest absolute Gasteiger partial charge is 0.321 e. The molecule has 0 aliphatic heterocycles. The summed E-state index contributed by atoms with van der Waals surface area (Å²) in [6.45, 7) is 2.05. The number of aryl methyl sites for hydroxylation is 1. The van der Waals surface area contributed by atoms with E-state index in [4.69, 9.17) is 15.7 Å². The molecule has 0 unspecified atom stereocenters. The van der Waals surface area contributed by atoms with Gasteiger partial charge >= 0.3 is 0 Å². The molecule has 6 nitrogen and oxygen atoms in total. The molecular formula is C27H24N6. The first-order chi connectivity index (χ1) is 16.1. The summed E-state index contributed by atoms with van der Waals surface area (Å²) >= 11 is 0. The van der Waals surface area contributed by atoms with E-state index in [1.165, 1.54) is 12.0 Å². The highest BCUT2D eigenvalue weighted by Crippen LogP contribution is 2.39. The minimum absolute atomic E-state index is 0.196. The van der Waals surface area contributed by atoms with Crippen molar-refractivity contribution in [2.24, 2.45) is 5.73 Å². The second kappa shape index (κ2) is 7.60. The van der Waals surface area contributed by atoms with Gasteiger partial charge in [-0.3, -0.25) is 9.55 Å². The summed E-state index contributed by atoms with van der Waals surface area (Å²) in [7, 11) is 0. The van der Waals surface area contributed by atoms with Crippen molar-refractivity contribution in [3.63, 3.8) is 0 Å². The number of hydrogen-bond acceptors (Lipinski definition) is 5. The van der Waals surface area contributed by atoms with Gasteiger partial charge in [0.05, 0.1) is 6.20 Å². The third-order valence-corrected chi connectivity index (χ3v) is 6.60. The van der Waals surface area contributed by atoms with E-state index in [1.807, 2.05) is 49.4 Å². The van der Waals surface area contributed by atoms with Crippen molar-refractivity contribution < 1.29 is 0 Å². The predicted octanol–water partition coefficient (Wildman–Crippen LogP) is 5.19. The van der Waals surface area contributed by atoms with Gasteiger partial charge in [-0.15, -0.1) is 0 Å². The molecule has 6 rings (SSSR count). The molecule has 5 aromatic rings. The van der Waals surface area contributed by atoms with E-state index in [-0.39, 0.29) is 5.54 Å². The highest BCUT2D eigenvalue weighted by molar-refractivity contribution is 5.81. The number of hydrogen-bond donors (Lipinski definition) is 1. The van der Waals surface area contributed by atoms with Gasteiger partial charge in [0.1, 0.15) is 11.2 Å². The van der Waals surface area contributed by atoms with Crippen LogP contribution < -0.4 is 5.73 Å². The molecule has 1 aliphatic rings. The average Bonchev–Trinajstić information content (AvgIpc) is 3.22. The van der Waals surface area contributed by atoms with E-state index in [2.05, 4.69) is 38.8 Å². The molecule has 0 saturated heterocycles. The van der Waals surface area contributed by atoms with Crippen LogP contribution in [0.15, 0.2) is 79.1 Å². The van der Waals surface area contributed by atoms with Crippen LogP contribution in [0.5, 0.6) is 0 Å². The second-order valence-corrected chi connectivity index (χ2v) is 8.76. The van der Waals surface area contributed by atoms with Crippen LogP contribution in [0.2, 0.25) is 0 Å². The second-order valence-electron chi connectivity index (χ2n) is 8.76. The fraction of sp³-hybridized carbons (Fsp3) is 0.185. The highest BCUT2D eigenvalue weighted by Gasteiger charge is 2.34. The SMILES string of the molecule is Cc1cccnc1-c1nc2cnc(-c3ccccc3)nc2n1-c1ccc(C2(N)CCC2)cc1. The fourth-order valence-corrected chi connectivity index (χ4v) is 4.51. The van der Waals surface area contributed by atoms with Crippen molar-refractivity contribution in [2.75, 3.05) is 0 Å². The lowest BCUT2D eigenvalue weighted by Gasteiger charge is -2.38. The molecule has 33 heavy (non-hydrogen) atoms. The molecule has 3 aromatic heterocycles. The number of nitrogens with two attached hydrogens (primary N) is 1. The minimum Gasteiger partial charge on any atom is -0.321 e. The molecule has 3 heterocycles. The van der Waals surface area contributed by atoms with Gasteiger partial charge in [0.25, 0.3) is 0 Å². The number of aromatic nitrogens is 5. The number of fused-ring (bicyclic) bond motifs is 1. The van der Waals surface area contributed by atoms with E-state index in [9.17, 15) is 0 Å². The van der Waals surface area contributed by atoms with Crippen LogP contribution in [0.3, 0.4) is 0 Å². The maximum Gasteiger partial charge on any atom is 0.169 e. The average molecular weight is 433 g/mol. The van der Waals surface area contributed by atoms with E-state index >= 15 is 0 Å². The Bertz CT molecular complexity index is 1450. The van der Waals surface area contributed by atoms with Crippen molar-refractivity contribution in [1.82, 2.24) is 24.5 Å². The third kappa shape index (κ3) is 3.31. The van der Waals surface area contributed by atoms with Crippen LogP contribution in [0, 0.1) is 6.92 Å². The summed E-state index contributed by atoms with van der Waals surface area (Å²) in [5, 5.41) is 0. The Hall–Kier alpha value is -3.90. The number of benzene rings is 2. The third-order valence-electron chi connectivity index (χ3n) is 6.60. The number of pyridine rings is 1. The molecule has 1 saturated carbocycles. The molecule has 0 bridgehead atoms. The van der Waals surface area contributed by atoms with Gasteiger partial charge in [0.2, 0.25) is 0 Å². The lowest BCUT2D eigenvalue weighted by atomic mass is 9.73. The van der Waals surface area contributed by atoms with Crippen molar-refractivity contribution in [3.05, 3.63) is 90.3 Å². The van der Waals surface area contributed by atoms with Crippen LogP contribution in [0.4, 0.5) is 0 Å². The van der Waals surface area contributed by atoms with Gasteiger partial charge in [-0.05, 0) is 55.5 Å². The standard InChI is InChI=1S/C27H24N6/c1-18-7-5-16-29-23(18)26-31-22-17-30-24(19-8-3-2-4-9-19)32-25(22)33(26)21-12-10-20(11-13-21)27(28)14-6-15-27/h2-5,7-13,16-17H,6,14-15,28H2,1H3. The maximum absolute atomic E-state index is 6.56. The topological polar surface area (TPSA) is 82.5 Å². The first kappa shape index (κ1) is 19.8. The van der Waals surface area contributed by atoms with E-state index in [1.54, 1.807) is 12.4 Å². The molecule has 2 aromatic carbocycles. The van der Waals surface area contributed by atoms with Crippen LogP contribution in [0.25, 0.3) is 39.8 Å². The zero-order valence-corrected chi connectivity index (χ0v) is 18.4. The highest BCUT2D eigenvalue weighted by atomic mass is 15.2. The molecule has 162 valence electrons. The van der Waals surface area contributed by atoms with Crippen molar-refractivity contribution >= 4 is 11.2 Å². The van der Waals surface area contributed by atoms with Gasteiger partial charge in [-0.25, -0.2) is 15.0 Å². The van der Waals surface area contributed by atoms with Crippen molar-refractivity contribution in [2.45, 2.75) is 31.7 Å². The zero-order valence-electron chi connectivity index (χ0n) is 18.4. The predicted molar refractivity (Wildman–Crippen MR) is 130 cm³/mol. The molecule has 6 heteroatoms.